The first kappa shape index (κ1) is 15.0. The number of pyridine rings is 1. The normalized spacial score (nSPS) is 11.4. The number of aryl methyl sites for hydroxylation is 2. The summed E-state index contributed by atoms with van der Waals surface area (Å²) >= 11 is 7.22. The minimum Gasteiger partial charge on any atom is -0.372 e. The predicted molar refractivity (Wildman–Crippen MR) is 81.2 cm³/mol. The van der Waals surface area contributed by atoms with Gasteiger partial charge in [0.25, 0.3) is 10.0 Å². The lowest BCUT2D eigenvalue weighted by molar-refractivity contribution is 0.601. The summed E-state index contributed by atoms with van der Waals surface area (Å²) < 4.78 is 26.8. The first-order chi connectivity index (χ1) is 9.33. The fraction of sp³-hybridized carbons (Fsp3) is 0.273. The molecule has 108 valence electrons. The molecule has 20 heavy (non-hydrogen) atoms. The number of thiazole rings is 1. The van der Waals surface area contributed by atoms with E-state index in [0.29, 0.717) is 10.9 Å². The Morgan fingerprint density at radius 1 is 1.35 bits per heavy atom. The zero-order chi connectivity index (χ0) is 14.9. The van der Waals surface area contributed by atoms with E-state index in [9.17, 15) is 8.42 Å². The van der Waals surface area contributed by atoms with Crippen molar-refractivity contribution in [2.75, 3.05) is 17.1 Å². The standard InChI is InChI=1S/C11H13ClN4O2S2/c1-6-7(2)19-11(15-6)16-20(17,18)8-4-9(12)10(13-3)14-5-8/h4-5H,1-3H3,(H,13,14)(H,15,16). The van der Waals surface area contributed by atoms with E-state index in [2.05, 4.69) is 20.0 Å². The number of hydrogen-bond donors (Lipinski definition) is 2. The zero-order valence-electron chi connectivity index (χ0n) is 11.1. The molecule has 0 aliphatic rings. The lowest BCUT2D eigenvalue weighted by atomic mass is 10.4. The number of sulfonamides is 1. The summed E-state index contributed by atoms with van der Waals surface area (Å²) in [5.74, 6) is 0.423. The van der Waals surface area contributed by atoms with Crippen LogP contribution in [-0.2, 0) is 10.0 Å². The van der Waals surface area contributed by atoms with Gasteiger partial charge in [-0.15, -0.1) is 11.3 Å². The summed E-state index contributed by atoms with van der Waals surface area (Å²) in [6.07, 6.45) is 1.24. The number of anilines is 2. The first-order valence-electron chi connectivity index (χ1n) is 5.63. The average molecular weight is 333 g/mol. The Bertz CT molecular complexity index is 723. The van der Waals surface area contributed by atoms with Gasteiger partial charge in [-0.1, -0.05) is 11.6 Å². The van der Waals surface area contributed by atoms with Crippen LogP contribution in [0.3, 0.4) is 0 Å². The third kappa shape index (κ3) is 3.02. The molecule has 0 saturated heterocycles. The molecule has 0 aliphatic heterocycles. The largest absolute Gasteiger partial charge is 0.372 e. The predicted octanol–water partition coefficient (Wildman–Crippen LogP) is 2.65. The lowest BCUT2D eigenvalue weighted by Gasteiger charge is -2.07. The molecule has 0 atom stereocenters. The molecule has 0 saturated carbocycles. The summed E-state index contributed by atoms with van der Waals surface area (Å²) in [7, 11) is -2.09. The van der Waals surface area contributed by atoms with Gasteiger partial charge in [-0.3, -0.25) is 4.72 Å². The van der Waals surface area contributed by atoms with Crippen LogP contribution in [0.2, 0.25) is 5.02 Å². The van der Waals surface area contributed by atoms with Crippen LogP contribution in [0, 0.1) is 13.8 Å². The summed E-state index contributed by atoms with van der Waals surface area (Å²) in [6, 6.07) is 1.34. The van der Waals surface area contributed by atoms with E-state index < -0.39 is 10.0 Å². The number of hydrogen-bond acceptors (Lipinski definition) is 6. The highest BCUT2D eigenvalue weighted by Crippen LogP contribution is 2.26. The summed E-state index contributed by atoms with van der Waals surface area (Å²) in [5, 5.41) is 3.33. The van der Waals surface area contributed by atoms with Crippen molar-refractivity contribution in [2.45, 2.75) is 18.7 Å². The van der Waals surface area contributed by atoms with Gasteiger partial charge < -0.3 is 5.32 Å². The van der Waals surface area contributed by atoms with Gasteiger partial charge in [0, 0.05) is 18.1 Å². The molecule has 6 nitrogen and oxygen atoms in total. The second-order valence-corrected chi connectivity index (χ2v) is 7.31. The fourth-order valence-corrected chi connectivity index (χ4v) is 3.79. The Balaban J connectivity index is 2.33. The van der Waals surface area contributed by atoms with Crippen LogP contribution in [0.5, 0.6) is 0 Å². The topological polar surface area (TPSA) is 84.0 Å². The van der Waals surface area contributed by atoms with Crippen LogP contribution in [0.4, 0.5) is 10.9 Å². The van der Waals surface area contributed by atoms with Gasteiger partial charge in [0.1, 0.15) is 10.7 Å². The zero-order valence-corrected chi connectivity index (χ0v) is 13.4. The Hall–Kier alpha value is -1.38. The molecule has 2 rings (SSSR count). The molecule has 9 heteroatoms. The van der Waals surface area contributed by atoms with Crippen LogP contribution in [0.1, 0.15) is 10.6 Å². The van der Waals surface area contributed by atoms with Gasteiger partial charge in [0.05, 0.1) is 10.7 Å². The van der Waals surface area contributed by atoms with E-state index in [1.807, 2.05) is 13.8 Å². The van der Waals surface area contributed by atoms with E-state index in [1.54, 1.807) is 7.05 Å². The quantitative estimate of drug-likeness (QED) is 0.899. The molecule has 0 radical (unpaired) electrons. The van der Waals surface area contributed by atoms with Crippen molar-refractivity contribution in [3.8, 4) is 0 Å². The van der Waals surface area contributed by atoms with Gasteiger partial charge >= 0.3 is 0 Å². The Labute approximate surface area is 126 Å². The smallest absolute Gasteiger partial charge is 0.265 e. The highest BCUT2D eigenvalue weighted by Gasteiger charge is 2.18. The van der Waals surface area contributed by atoms with E-state index in [0.717, 1.165) is 10.6 Å². The van der Waals surface area contributed by atoms with Gasteiger partial charge in [-0.2, -0.15) is 0 Å². The summed E-state index contributed by atoms with van der Waals surface area (Å²) in [4.78, 5) is 9.04. The molecular formula is C11H13ClN4O2S2. The summed E-state index contributed by atoms with van der Waals surface area (Å²) in [5.41, 5.74) is 0.800. The number of aromatic nitrogens is 2. The van der Waals surface area contributed by atoms with Crippen LogP contribution in [0.25, 0.3) is 0 Å². The van der Waals surface area contributed by atoms with Crippen LogP contribution < -0.4 is 10.0 Å². The van der Waals surface area contributed by atoms with Gasteiger partial charge in [0.2, 0.25) is 0 Å². The third-order valence-corrected chi connectivity index (χ3v) is 5.32. The average Bonchev–Trinajstić information content (AvgIpc) is 2.67. The van der Waals surface area contributed by atoms with Crippen LogP contribution >= 0.6 is 22.9 Å². The number of halogens is 1. The molecule has 0 aliphatic carbocycles. The van der Waals surface area contributed by atoms with Crippen molar-refractivity contribution < 1.29 is 8.42 Å². The Morgan fingerprint density at radius 3 is 2.55 bits per heavy atom. The molecule has 0 unspecified atom stereocenters. The molecule has 0 fully saturated rings. The molecule has 2 aromatic heterocycles. The van der Waals surface area contributed by atoms with Crippen LogP contribution in [0.15, 0.2) is 17.2 Å². The SMILES string of the molecule is CNc1ncc(S(=O)(=O)Nc2nc(C)c(C)s2)cc1Cl. The second-order valence-electron chi connectivity index (χ2n) is 4.02. The van der Waals surface area contributed by atoms with Crippen molar-refractivity contribution in [2.24, 2.45) is 0 Å². The maximum absolute atomic E-state index is 12.2. The molecule has 0 bridgehead atoms. The van der Waals surface area contributed by atoms with Gasteiger partial charge in [-0.25, -0.2) is 18.4 Å². The maximum Gasteiger partial charge on any atom is 0.265 e. The first-order valence-corrected chi connectivity index (χ1v) is 8.31. The highest BCUT2D eigenvalue weighted by molar-refractivity contribution is 7.93. The Morgan fingerprint density at radius 2 is 2.05 bits per heavy atom. The van der Waals surface area contributed by atoms with Crippen molar-refractivity contribution in [1.29, 1.82) is 0 Å². The summed E-state index contributed by atoms with van der Waals surface area (Å²) in [6.45, 7) is 3.70. The van der Waals surface area contributed by atoms with Crippen molar-refractivity contribution in [1.82, 2.24) is 9.97 Å². The third-order valence-electron chi connectivity index (χ3n) is 2.61. The number of nitrogens with one attached hydrogen (secondary N) is 2. The monoisotopic (exact) mass is 332 g/mol. The van der Waals surface area contributed by atoms with E-state index in [-0.39, 0.29) is 9.92 Å². The molecule has 2 heterocycles. The Kier molecular flexibility index (Phi) is 4.17. The van der Waals surface area contributed by atoms with E-state index >= 15 is 0 Å². The number of rotatable bonds is 4. The van der Waals surface area contributed by atoms with Gasteiger partial charge in [-0.05, 0) is 19.9 Å². The molecule has 2 aromatic rings. The molecule has 0 amide bonds. The lowest BCUT2D eigenvalue weighted by Crippen LogP contribution is -2.13. The van der Waals surface area contributed by atoms with E-state index in [4.69, 9.17) is 11.6 Å². The molecular weight excluding hydrogens is 320 g/mol. The number of nitrogens with zero attached hydrogens (tertiary/aromatic N) is 2. The van der Waals surface area contributed by atoms with Crippen molar-refractivity contribution in [3.63, 3.8) is 0 Å². The van der Waals surface area contributed by atoms with E-state index in [1.165, 1.54) is 23.6 Å². The highest BCUT2D eigenvalue weighted by atomic mass is 35.5. The molecule has 0 aromatic carbocycles. The molecule has 0 spiro atoms. The van der Waals surface area contributed by atoms with Crippen molar-refractivity contribution >= 4 is 43.9 Å². The van der Waals surface area contributed by atoms with Gasteiger partial charge in [0.15, 0.2) is 5.13 Å². The maximum atomic E-state index is 12.2. The van der Waals surface area contributed by atoms with Crippen molar-refractivity contribution in [3.05, 3.63) is 27.9 Å². The van der Waals surface area contributed by atoms with Crippen LogP contribution in [-0.4, -0.2) is 25.4 Å². The minimum absolute atomic E-state index is 0.00740. The second kappa shape index (κ2) is 5.55. The minimum atomic E-state index is -3.74. The molecule has 2 N–H and O–H groups in total. The fourth-order valence-electron chi connectivity index (χ4n) is 1.44.